The summed E-state index contributed by atoms with van der Waals surface area (Å²) in [5.74, 6) is 0.919. The summed E-state index contributed by atoms with van der Waals surface area (Å²) in [6.07, 6.45) is 0. The van der Waals surface area contributed by atoms with Gasteiger partial charge in [-0.2, -0.15) is 24.3 Å². The van der Waals surface area contributed by atoms with E-state index in [1.54, 1.807) is 7.11 Å². The van der Waals surface area contributed by atoms with Crippen molar-refractivity contribution >= 4 is 14.5 Å². The van der Waals surface area contributed by atoms with Gasteiger partial charge in [0.1, 0.15) is 0 Å². The number of ether oxygens (including phenoxy) is 1. The van der Waals surface area contributed by atoms with Gasteiger partial charge in [0.2, 0.25) is 0 Å². The Morgan fingerprint density at radius 1 is 1.00 bits per heavy atom. The molecule has 0 saturated heterocycles. The van der Waals surface area contributed by atoms with Crippen LogP contribution in [0.3, 0.4) is 0 Å². The van der Waals surface area contributed by atoms with E-state index in [9.17, 15) is 0 Å². The topological polar surface area (TPSA) is 9.23 Å². The van der Waals surface area contributed by atoms with Gasteiger partial charge < -0.3 is 4.74 Å². The Morgan fingerprint density at radius 2 is 1.70 bits per heavy atom. The normalized spacial score (nSPS) is 9.10. The smallest absolute Gasteiger partial charge is 0.531 e. The number of benzene rings is 1. The second-order valence-corrected chi connectivity index (χ2v) is 4.68. The molecule has 3 heteroatoms. The predicted octanol–water partition coefficient (Wildman–Crippen LogP) is 3.98. The summed E-state index contributed by atoms with van der Waals surface area (Å²) in [6.45, 7) is 0. The summed E-state index contributed by atoms with van der Waals surface area (Å²) >= 11 is 0. The van der Waals surface area contributed by atoms with Gasteiger partial charge in [-0.1, -0.05) is 34.6 Å². The Balaban J connectivity index is 0.000000283. The number of hydrogen-bond donors (Lipinski definition) is 0. The molecule has 0 N–H and O–H groups in total. The van der Waals surface area contributed by atoms with Gasteiger partial charge >= 0.3 is 17.1 Å². The molecule has 20 heavy (non-hydrogen) atoms. The molecule has 0 amide bonds. The first kappa shape index (κ1) is 16.7. The third-order valence-electron chi connectivity index (χ3n) is 2.80. The van der Waals surface area contributed by atoms with E-state index in [-0.39, 0.29) is 17.1 Å². The van der Waals surface area contributed by atoms with Crippen LogP contribution in [0.5, 0.6) is 5.75 Å². The minimum absolute atomic E-state index is 0. The third kappa shape index (κ3) is 4.35. The van der Waals surface area contributed by atoms with Crippen LogP contribution in [0.25, 0.3) is 11.1 Å². The van der Waals surface area contributed by atoms with E-state index in [0.717, 1.165) is 11.3 Å². The standard InChI is InChI=1S/C12H12OP.C5H5.Fe/c1-13-11-7-3-2-5-9(11)10-6-4-8-12(10)14;1-2-4-5-3-1;/h2-8H,14H2,1H3;1-5H;/q2*-1;+2. The molecule has 3 aromatic carbocycles. The van der Waals surface area contributed by atoms with Crippen molar-refractivity contribution in [2.24, 2.45) is 0 Å². The summed E-state index contributed by atoms with van der Waals surface area (Å²) in [7, 11) is 4.43. The monoisotopic (exact) mass is 324 g/mol. The minimum Gasteiger partial charge on any atom is -0.531 e. The van der Waals surface area contributed by atoms with Crippen LogP contribution in [0.15, 0.2) is 72.8 Å². The molecule has 1 nitrogen and oxygen atoms in total. The maximum absolute atomic E-state index is 5.31. The molecule has 0 heterocycles. The molecule has 0 spiro atoms. The van der Waals surface area contributed by atoms with Gasteiger partial charge in [0.15, 0.2) is 0 Å². The van der Waals surface area contributed by atoms with E-state index in [2.05, 4.69) is 27.4 Å². The number of rotatable bonds is 2. The van der Waals surface area contributed by atoms with E-state index < -0.39 is 0 Å². The van der Waals surface area contributed by atoms with Crippen LogP contribution in [0.4, 0.5) is 0 Å². The van der Waals surface area contributed by atoms with Crippen molar-refractivity contribution in [3.63, 3.8) is 0 Å². The summed E-state index contributed by atoms with van der Waals surface area (Å²) in [6, 6.07) is 24.3. The van der Waals surface area contributed by atoms with E-state index in [0.29, 0.717) is 0 Å². The fourth-order valence-electron chi connectivity index (χ4n) is 1.87. The maximum atomic E-state index is 5.31. The minimum atomic E-state index is 0. The van der Waals surface area contributed by atoms with Crippen LogP contribution in [0, 0.1) is 0 Å². The predicted molar refractivity (Wildman–Crippen MR) is 85.4 cm³/mol. The van der Waals surface area contributed by atoms with Crippen molar-refractivity contribution in [1.82, 2.24) is 0 Å². The van der Waals surface area contributed by atoms with Crippen LogP contribution < -0.4 is 10.0 Å². The number of methoxy groups -OCH3 is 1. The molecule has 0 saturated carbocycles. The second-order valence-electron chi connectivity index (χ2n) is 4.06. The Labute approximate surface area is 133 Å². The van der Waals surface area contributed by atoms with Crippen LogP contribution in [0.1, 0.15) is 0 Å². The molecule has 0 radical (unpaired) electrons. The van der Waals surface area contributed by atoms with Gasteiger partial charge in [0.05, 0.1) is 12.9 Å². The van der Waals surface area contributed by atoms with Crippen LogP contribution in [0.2, 0.25) is 0 Å². The molecule has 0 aromatic heterocycles. The second kappa shape index (κ2) is 8.76. The Morgan fingerprint density at radius 3 is 2.20 bits per heavy atom. The Kier molecular flexibility index (Phi) is 7.33. The molecule has 3 rings (SSSR count). The van der Waals surface area contributed by atoms with Crippen LogP contribution >= 0.6 is 9.24 Å². The van der Waals surface area contributed by atoms with Crippen molar-refractivity contribution in [3.8, 4) is 16.9 Å². The zero-order chi connectivity index (χ0) is 13.5. The fourth-order valence-corrected chi connectivity index (χ4v) is 2.23. The van der Waals surface area contributed by atoms with Crippen molar-refractivity contribution in [1.29, 1.82) is 0 Å². The molecular weight excluding hydrogens is 307 g/mol. The van der Waals surface area contributed by atoms with Gasteiger partial charge in [-0.25, -0.2) is 12.1 Å². The SMILES string of the molecule is COc1ccccc1-[c-]1cccc1P.[Fe+2].c1cc[cH-]c1. The third-order valence-corrected chi connectivity index (χ3v) is 3.31. The van der Waals surface area contributed by atoms with Crippen molar-refractivity contribution in [2.45, 2.75) is 0 Å². The van der Waals surface area contributed by atoms with Gasteiger partial charge in [-0.05, 0) is 0 Å². The zero-order valence-electron chi connectivity index (χ0n) is 11.3. The molecule has 0 aliphatic rings. The van der Waals surface area contributed by atoms with E-state index in [4.69, 9.17) is 4.74 Å². The zero-order valence-corrected chi connectivity index (χ0v) is 13.5. The average molecular weight is 324 g/mol. The van der Waals surface area contributed by atoms with Gasteiger partial charge in [0, 0.05) is 0 Å². The average Bonchev–Trinajstić information content (AvgIpc) is 3.13. The van der Waals surface area contributed by atoms with Crippen LogP contribution in [-0.2, 0) is 17.1 Å². The van der Waals surface area contributed by atoms with E-state index in [1.807, 2.05) is 54.6 Å². The first-order valence-corrected chi connectivity index (χ1v) is 6.72. The molecule has 0 aliphatic heterocycles. The number of hydrogen-bond acceptors (Lipinski definition) is 1. The summed E-state index contributed by atoms with van der Waals surface area (Å²) < 4.78 is 5.31. The van der Waals surface area contributed by atoms with E-state index >= 15 is 0 Å². The molecule has 3 aromatic rings. The van der Waals surface area contributed by atoms with Crippen LogP contribution in [-0.4, -0.2) is 7.11 Å². The first-order valence-electron chi connectivity index (χ1n) is 6.14. The van der Waals surface area contributed by atoms with E-state index in [1.165, 1.54) is 10.9 Å². The Bertz CT molecular complexity index is 582. The first-order chi connectivity index (χ1) is 9.33. The summed E-state index contributed by atoms with van der Waals surface area (Å²) in [5, 5.41) is 1.20. The van der Waals surface area contributed by atoms with Crippen molar-refractivity contribution < 1.29 is 21.8 Å². The van der Waals surface area contributed by atoms with Gasteiger partial charge in [0.25, 0.3) is 0 Å². The number of para-hydroxylation sites is 1. The summed E-state index contributed by atoms with van der Waals surface area (Å²) in [4.78, 5) is 0. The molecule has 104 valence electrons. The molecule has 0 fully saturated rings. The largest absolute Gasteiger partial charge is 2.00 e. The van der Waals surface area contributed by atoms with Crippen molar-refractivity contribution in [3.05, 3.63) is 72.8 Å². The molecule has 1 unspecified atom stereocenters. The van der Waals surface area contributed by atoms with Gasteiger partial charge in [-0.3, -0.25) is 0 Å². The van der Waals surface area contributed by atoms with Gasteiger partial charge in [-0.15, -0.1) is 27.4 Å². The fraction of sp³-hybridized carbons (Fsp3) is 0.0588. The Hall–Kier alpha value is -1.33. The quantitative estimate of drug-likeness (QED) is 0.394. The summed E-state index contributed by atoms with van der Waals surface area (Å²) in [5.41, 5.74) is 2.36. The molecule has 0 bridgehead atoms. The molecule has 1 atom stereocenters. The van der Waals surface area contributed by atoms with Crippen molar-refractivity contribution in [2.75, 3.05) is 7.11 Å². The maximum Gasteiger partial charge on any atom is 2.00 e. The molecular formula is C17H17FeOP. The molecule has 0 aliphatic carbocycles.